The van der Waals surface area contributed by atoms with Crippen LogP contribution in [0.25, 0.3) is 0 Å². The van der Waals surface area contributed by atoms with Crippen molar-refractivity contribution in [1.82, 2.24) is 0 Å². The number of nitrogens with one attached hydrogen (secondary N) is 1. The average Bonchev–Trinajstić information content (AvgIpc) is 2.92. The van der Waals surface area contributed by atoms with E-state index in [1.54, 1.807) is 31.4 Å². The zero-order valence-electron chi connectivity index (χ0n) is 17.6. The third-order valence-electron chi connectivity index (χ3n) is 4.72. The van der Waals surface area contributed by atoms with Crippen LogP contribution in [-0.4, -0.2) is 37.4 Å². The lowest BCUT2D eigenvalue weighted by Gasteiger charge is -2.23. The van der Waals surface area contributed by atoms with E-state index < -0.39 is 11.2 Å². The van der Waals surface area contributed by atoms with E-state index in [4.69, 9.17) is 25.8 Å². The number of esters is 1. The van der Waals surface area contributed by atoms with Crippen molar-refractivity contribution < 1.29 is 23.8 Å². The number of thioether (sulfide) groups is 1. The Balaban J connectivity index is 2.08. The number of rotatable bonds is 9. The molecule has 32 heavy (non-hydrogen) atoms. The SMILES string of the molecule is C=CCOC(=O)C[C@@H]1S[C@@H](c2cccc(OC)c2OCC=C)c2cc(Cl)ccc2NC1=O. The van der Waals surface area contributed by atoms with Crippen LogP contribution in [0, 0.1) is 0 Å². The van der Waals surface area contributed by atoms with E-state index in [2.05, 4.69) is 18.5 Å². The van der Waals surface area contributed by atoms with Crippen LogP contribution in [-0.2, 0) is 14.3 Å². The molecule has 168 valence electrons. The molecule has 0 aromatic heterocycles. The maximum atomic E-state index is 13.0. The lowest BCUT2D eigenvalue weighted by molar-refractivity contribution is -0.143. The second kappa shape index (κ2) is 11.1. The molecule has 1 N–H and O–H groups in total. The highest BCUT2D eigenvalue weighted by molar-refractivity contribution is 8.01. The predicted molar refractivity (Wildman–Crippen MR) is 128 cm³/mol. The highest BCUT2D eigenvalue weighted by atomic mass is 35.5. The number of amides is 1. The zero-order valence-corrected chi connectivity index (χ0v) is 19.2. The Bertz CT molecular complexity index is 1030. The van der Waals surface area contributed by atoms with Crippen molar-refractivity contribution >= 4 is 40.9 Å². The number of benzene rings is 2. The molecular weight excluding hydrogens is 450 g/mol. The summed E-state index contributed by atoms with van der Waals surface area (Å²) < 4.78 is 16.6. The van der Waals surface area contributed by atoms with Gasteiger partial charge >= 0.3 is 5.97 Å². The van der Waals surface area contributed by atoms with Crippen molar-refractivity contribution in [3.05, 3.63) is 77.9 Å². The molecule has 1 heterocycles. The van der Waals surface area contributed by atoms with Gasteiger partial charge in [0.05, 0.1) is 24.0 Å². The van der Waals surface area contributed by atoms with E-state index in [-0.39, 0.29) is 30.8 Å². The van der Waals surface area contributed by atoms with Crippen molar-refractivity contribution in [3.8, 4) is 11.5 Å². The summed E-state index contributed by atoms with van der Waals surface area (Å²) in [6, 6.07) is 10.8. The highest BCUT2D eigenvalue weighted by Gasteiger charge is 2.35. The molecule has 1 amide bonds. The van der Waals surface area contributed by atoms with Crippen LogP contribution in [0.1, 0.15) is 22.8 Å². The number of methoxy groups -OCH3 is 1. The maximum Gasteiger partial charge on any atom is 0.307 e. The van der Waals surface area contributed by atoms with Crippen LogP contribution in [0.5, 0.6) is 11.5 Å². The number of fused-ring (bicyclic) bond motifs is 1. The van der Waals surface area contributed by atoms with Crippen molar-refractivity contribution in [1.29, 1.82) is 0 Å². The summed E-state index contributed by atoms with van der Waals surface area (Å²) in [5.74, 6) is 0.335. The van der Waals surface area contributed by atoms with Gasteiger partial charge in [-0.3, -0.25) is 9.59 Å². The molecule has 3 rings (SSSR count). The summed E-state index contributed by atoms with van der Waals surface area (Å²) in [5.41, 5.74) is 2.21. The minimum atomic E-state index is -0.693. The molecule has 8 heteroatoms. The first-order chi connectivity index (χ1) is 15.5. The van der Waals surface area contributed by atoms with Crippen molar-refractivity contribution in [2.45, 2.75) is 16.9 Å². The Kier molecular flexibility index (Phi) is 8.25. The van der Waals surface area contributed by atoms with Gasteiger partial charge in [-0.05, 0) is 29.8 Å². The fraction of sp³-hybridized carbons (Fsp3) is 0.250. The first kappa shape index (κ1) is 23.8. The minimum Gasteiger partial charge on any atom is -0.493 e. The molecule has 2 aromatic carbocycles. The summed E-state index contributed by atoms with van der Waals surface area (Å²) in [6.45, 7) is 7.62. The quantitative estimate of drug-likeness (QED) is 0.399. The zero-order chi connectivity index (χ0) is 23.1. The van der Waals surface area contributed by atoms with Crippen molar-refractivity contribution in [2.24, 2.45) is 0 Å². The van der Waals surface area contributed by atoms with E-state index in [1.165, 1.54) is 17.8 Å². The minimum absolute atomic E-state index is 0.0879. The smallest absolute Gasteiger partial charge is 0.307 e. The summed E-state index contributed by atoms with van der Waals surface area (Å²) in [6.07, 6.45) is 3.04. The molecule has 2 aromatic rings. The Morgan fingerprint density at radius 1 is 1.19 bits per heavy atom. The molecule has 0 unspecified atom stereocenters. The number of carbonyl (C=O) groups is 2. The molecule has 0 aliphatic carbocycles. The molecule has 2 atom stereocenters. The molecule has 0 radical (unpaired) electrons. The molecule has 0 fully saturated rings. The first-order valence-electron chi connectivity index (χ1n) is 9.91. The molecular formula is C24H24ClNO5S. The summed E-state index contributed by atoms with van der Waals surface area (Å²) in [5, 5.41) is 2.39. The number of para-hydroxylation sites is 1. The van der Waals surface area contributed by atoms with Crippen LogP contribution < -0.4 is 14.8 Å². The van der Waals surface area contributed by atoms with Crippen molar-refractivity contribution in [3.63, 3.8) is 0 Å². The number of halogens is 1. The molecule has 0 saturated carbocycles. The van der Waals surface area contributed by atoms with Gasteiger partial charge in [0.15, 0.2) is 11.5 Å². The topological polar surface area (TPSA) is 73.9 Å². The van der Waals surface area contributed by atoms with Crippen LogP contribution in [0.4, 0.5) is 5.69 Å². The number of anilines is 1. The second-order valence-electron chi connectivity index (χ2n) is 6.88. The third kappa shape index (κ3) is 5.47. The normalized spacial score (nSPS) is 17.4. The van der Waals surface area contributed by atoms with Gasteiger partial charge in [0, 0.05) is 16.3 Å². The standard InChI is InChI=1S/C24H24ClNO5S/c1-4-11-30-21(27)14-20-24(28)26-18-10-9-15(25)13-17(18)23(32-20)16-7-6-8-19(29-3)22(16)31-12-5-2/h4-10,13,20,23H,1-2,11-12,14H2,3H3,(H,26,28)/t20-,23-/m0/s1. The van der Waals surface area contributed by atoms with E-state index in [0.29, 0.717) is 22.2 Å². The Labute approximate surface area is 196 Å². The fourth-order valence-corrected chi connectivity index (χ4v) is 4.92. The van der Waals surface area contributed by atoms with E-state index in [9.17, 15) is 9.59 Å². The summed E-state index contributed by atoms with van der Waals surface area (Å²) in [7, 11) is 1.56. The van der Waals surface area contributed by atoms with E-state index in [0.717, 1.165) is 11.1 Å². The molecule has 1 aliphatic rings. The maximum absolute atomic E-state index is 13.0. The summed E-state index contributed by atoms with van der Waals surface area (Å²) >= 11 is 7.64. The number of hydrogen-bond donors (Lipinski definition) is 1. The molecule has 1 aliphatic heterocycles. The number of carbonyl (C=O) groups excluding carboxylic acids is 2. The monoisotopic (exact) mass is 473 g/mol. The van der Waals surface area contributed by atoms with Gasteiger partial charge in [-0.2, -0.15) is 0 Å². The van der Waals surface area contributed by atoms with Crippen LogP contribution in [0.2, 0.25) is 5.02 Å². The fourth-order valence-electron chi connectivity index (χ4n) is 3.32. The van der Waals surface area contributed by atoms with Crippen molar-refractivity contribution in [2.75, 3.05) is 25.6 Å². The van der Waals surface area contributed by atoms with Crippen LogP contribution >= 0.6 is 23.4 Å². The van der Waals surface area contributed by atoms with Gasteiger partial charge in [-0.1, -0.05) is 49.0 Å². The largest absolute Gasteiger partial charge is 0.493 e. The molecule has 0 bridgehead atoms. The van der Waals surface area contributed by atoms with E-state index in [1.807, 2.05) is 18.2 Å². The lowest BCUT2D eigenvalue weighted by atomic mass is 10.0. The van der Waals surface area contributed by atoms with Gasteiger partial charge in [-0.25, -0.2) is 0 Å². The van der Waals surface area contributed by atoms with Gasteiger partial charge in [0.2, 0.25) is 5.91 Å². The Hall–Kier alpha value is -2.90. The molecule has 6 nitrogen and oxygen atoms in total. The van der Waals surface area contributed by atoms with Crippen LogP contribution in [0.3, 0.4) is 0 Å². The Morgan fingerprint density at radius 3 is 2.69 bits per heavy atom. The van der Waals surface area contributed by atoms with E-state index >= 15 is 0 Å². The number of hydrogen-bond acceptors (Lipinski definition) is 6. The van der Waals surface area contributed by atoms with Gasteiger partial charge < -0.3 is 19.5 Å². The highest BCUT2D eigenvalue weighted by Crippen LogP contribution is 2.50. The summed E-state index contributed by atoms with van der Waals surface area (Å²) in [4.78, 5) is 25.2. The predicted octanol–water partition coefficient (Wildman–Crippen LogP) is 5.18. The lowest BCUT2D eigenvalue weighted by Crippen LogP contribution is -2.27. The van der Waals surface area contributed by atoms with Gasteiger partial charge in [0.25, 0.3) is 0 Å². The number of ether oxygens (including phenoxy) is 3. The van der Waals surface area contributed by atoms with Gasteiger partial charge in [-0.15, -0.1) is 11.8 Å². The van der Waals surface area contributed by atoms with Crippen LogP contribution in [0.15, 0.2) is 61.7 Å². The molecule has 0 saturated heterocycles. The average molecular weight is 474 g/mol. The van der Waals surface area contributed by atoms with Gasteiger partial charge in [0.1, 0.15) is 13.2 Å². The first-order valence-corrected chi connectivity index (χ1v) is 11.2. The third-order valence-corrected chi connectivity index (χ3v) is 6.44. The Morgan fingerprint density at radius 2 is 1.97 bits per heavy atom. The molecule has 0 spiro atoms. The second-order valence-corrected chi connectivity index (χ2v) is 8.63.